The highest BCUT2D eigenvalue weighted by molar-refractivity contribution is 7.99. The number of nitrogens with one attached hydrogen (secondary N) is 1. The van der Waals surface area contributed by atoms with Crippen molar-refractivity contribution in [2.24, 2.45) is 0 Å². The number of hydrogen-bond acceptors (Lipinski definition) is 4. The summed E-state index contributed by atoms with van der Waals surface area (Å²) in [5.74, 6) is 6.26. The van der Waals surface area contributed by atoms with E-state index in [0.717, 1.165) is 29.7 Å². The Bertz CT molecular complexity index is 864. The first-order valence-electron chi connectivity index (χ1n) is 9.04. The molecule has 1 atom stereocenters. The third-order valence-corrected chi connectivity index (χ3v) is 5.18. The van der Waals surface area contributed by atoms with E-state index in [1.165, 1.54) is 16.4 Å². The average molecular weight is 381 g/mol. The zero-order valence-electron chi connectivity index (χ0n) is 15.3. The number of nitrogens with two attached hydrogens (primary N) is 1. The van der Waals surface area contributed by atoms with Gasteiger partial charge in [0.05, 0.1) is 23.7 Å². The van der Waals surface area contributed by atoms with Crippen LogP contribution in [-0.2, 0) is 4.79 Å². The first kappa shape index (κ1) is 19.0. The Morgan fingerprint density at radius 2 is 1.81 bits per heavy atom. The van der Waals surface area contributed by atoms with Crippen LogP contribution >= 0.6 is 11.8 Å². The Balaban J connectivity index is 1.61. The molecule has 1 aromatic heterocycles. The summed E-state index contributed by atoms with van der Waals surface area (Å²) in [4.78, 5) is 17.0. The molecular formula is C21H24N4OS. The first-order chi connectivity index (χ1) is 13.2. The molecule has 0 spiro atoms. The number of hydrogen-bond donors (Lipinski definition) is 2. The van der Waals surface area contributed by atoms with Crippen LogP contribution in [-0.4, -0.2) is 21.3 Å². The highest BCUT2D eigenvalue weighted by atomic mass is 32.2. The Hall–Kier alpha value is -2.73. The van der Waals surface area contributed by atoms with Crippen LogP contribution in [0.1, 0.15) is 31.4 Å². The van der Waals surface area contributed by atoms with E-state index in [-0.39, 0.29) is 17.7 Å². The molecule has 3 rings (SSSR count). The van der Waals surface area contributed by atoms with Crippen LogP contribution in [0.25, 0.3) is 11.3 Å². The first-order valence-corrected chi connectivity index (χ1v) is 10.0. The number of thioether (sulfide) groups is 1. The molecule has 1 heterocycles. The Morgan fingerprint density at radius 1 is 1.15 bits per heavy atom. The number of imidazole rings is 1. The van der Waals surface area contributed by atoms with Crippen LogP contribution in [0.2, 0.25) is 0 Å². The van der Waals surface area contributed by atoms with Gasteiger partial charge in [-0.1, -0.05) is 85.8 Å². The van der Waals surface area contributed by atoms with E-state index in [1.807, 2.05) is 60.7 Å². The van der Waals surface area contributed by atoms with E-state index in [9.17, 15) is 4.79 Å². The lowest BCUT2D eigenvalue weighted by Gasteiger charge is -2.18. The number of aromatic nitrogens is 2. The predicted molar refractivity (Wildman–Crippen MR) is 111 cm³/mol. The summed E-state index contributed by atoms with van der Waals surface area (Å²) < 4.78 is 1.47. The molecule has 0 bridgehead atoms. The third-order valence-electron chi connectivity index (χ3n) is 4.21. The van der Waals surface area contributed by atoms with E-state index >= 15 is 0 Å². The van der Waals surface area contributed by atoms with E-state index < -0.39 is 0 Å². The van der Waals surface area contributed by atoms with Gasteiger partial charge in [0.1, 0.15) is 0 Å². The number of benzene rings is 2. The molecule has 27 heavy (non-hydrogen) atoms. The van der Waals surface area contributed by atoms with Crippen molar-refractivity contribution in [2.75, 3.05) is 11.6 Å². The quantitative estimate of drug-likeness (QED) is 0.457. The second-order valence-corrected chi connectivity index (χ2v) is 7.23. The van der Waals surface area contributed by atoms with Crippen molar-refractivity contribution in [3.05, 3.63) is 72.4 Å². The van der Waals surface area contributed by atoms with Gasteiger partial charge in [0.15, 0.2) is 5.16 Å². The van der Waals surface area contributed by atoms with Crippen LogP contribution in [0.4, 0.5) is 0 Å². The lowest BCUT2D eigenvalue weighted by molar-refractivity contribution is -0.119. The second-order valence-electron chi connectivity index (χ2n) is 6.29. The maximum atomic E-state index is 12.5. The number of nitrogens with zero attached hydrogens (tertiary/aromatic N) is 2. The summed E-state index contributed by atoms with van der Waals surface area (Å²) in [7, 11) is 0. The van der Waals surface area contributed by atoms with Crippen molar-refractivity contribution in [1.29, 1.82) is 0 Å². The lowest BCUT2D eigenvalue weighted by Crippen LogP contribution is -2.30. The number of carbonyl (C=O) groups excluding carboxylic acids is 1. The van der Waals surface area contributed by atoms with Crippen LogP contribution in [0.3, 0.4) is 0 Å². The molecule has 0 fully saturated rings. The summed E-state index contributed by atoms with van der Waals surface area (Å²) in [6.45, 7) is 2.12. The summed E-state index contributed by atoms with van der Waals surface area (Å²) in [5, 5.41) is 3.75. The molecule has 140 valence electrons. The summed E-state index contributed by atoms with van der Waals surface area (Å²) in [6, 6.07) is 20.0. The molecule has 0 saturated heterocycles. The van der Waals surface area contributed by atoms with Crippen molar-refractivity contribution in [1.82, 2.24) is 15.0 Å². The lowest BCUT2D eigenvalue weighted by atomic mass is 10.0. The fourth-order valence-electron chi connectivity index (χ4n) is 2.89. The van der Waals surface area contributed by atoms with E-state index in [0.29, 0.717) is 5.16 Å². The molecule has 0 radical (unpaired) electrons. The van der Waals surface area contributed by atoms with Gasteiger partial charge in [-0.3, -0.25) is 4.79 Å². The molecule has 0 aliphatic rings. The standard InChI is InChI=1S/C21H24N4OS/c1-2-9-18(16-10-5-3-6-11-16)23-20(26)15-27-21-24-19(14-25(21)22)17-12-7-4-8-13-17/h3-8,10-14,18H,2,9,15,22H2,1H3,(H,23,26)/t18-/m0/s1. The Morgan fingerprint density at radius 3 is 2.48 bits per heavy atom. The number of rotatable bonds is 8. The Labute approximate surface area is 164 Å². The number of carbonyl (C=O) groups is 1. The minimum atomic E-state index is -0.0217. The van der Waals surface area contributed by atoms with Gasteiger partial charge < -0.3 is 11.2 Å². The summed E-state index contributed by atoms with van der Waals surface area (Å²) in [5.41, 5.74) is 2.93. The smallest absolute Gasteiger partial charge is 0.230 e. The van der Waals surface area contributed by atoms with Crippen molar-refractivity contribution in [2.45, 2.75) is 31.0 Å². The van der Waals surface area contributed by atoms with Gasteiger partial charge in [-0.2, -0.15) is 0 Å². The third kappa shape index (κ3) is 5.14. The normalized spacial score (nSPS) is 11.9. The largest absolute Gasteiger partial charge is 0.349 e. The summed E-state index contributed by atoms with van der Waals surface area (Å²) >= 11 is 1.34. The van der Waals surface area contributed by atoms with Crippen molar-refractivity contribution in [3.8, 4) is 11.3 Å². The average Bonchev–Trinajstić information content (AvgIpc) is 3.08. The van der Waals surface area contributed by atoms with Crippen LogP contribution in [0.15, 0.2) is 72.0 Å². The zero-order chi connectivity index (χ0) is 19.1. The fourth-order valence-corrected chi connectivity index (χ4v) is 3.60. The van der Waals surface area contributed by atoms with Crippen LogP contribution in [0, 0.1) is 0 Å². The van der Waals surface area contributed by atoms with Gasteiger partial charge >= 0.3 is 0 Å². The van der Waals surface area contributed by atoms with Gasteiger partial charge in [-0.25, -0.2) is 9.66 Å². The van der Waals surface area contributed by atoms with Gasteiger partial charge in [0.2, 0.25) is 5.91 Å². The minimum absolute atomic E-state index is 0.0217. The van der Waals surface area contributed by atoms with E-state index in [4.69, 9.17) is 5.84 Å². The van der Waals surface area contributed by atoms with E-state index in [1.54, 1.807) is 6.20 Å². The monoisotopic (exact) mass is 380 g/mol. The van der Waals surface area contributed by atoms with Crippen molar-refractivity contribution >= 4 is 17.7 Å². The van der Waals surface area contributed by atoms with Gasteiger partial charge in [-0.15, -0.1) is 0 Å². The van der Waals surface area contributed by atoms with Gasteiger partial charge in [0, 0.05) is 5.56 Å². The zero-order valence-corrected chi connectivity index (χ0v) is 16.2. The maximum Gasteiger partial charge on any atom is 0.230 e. The molecule has 2 aromatic carbocycles. The van der Waals surface area contributed by atoms with E-state index in [2.05, 4.69) is 17.2 Å². The molecule has 3 N–H and O–H groups in total. The maximum absolute atomic E-state index is 12.5. The molecule has 6 heteroatoms. The number of amides is 1. The highest BCUT2D eigenvalue weighted by Gasteiger charge is 2.15. The number of nitrogen functional groups attached to an aromatic ring is 1. The topological polar surface area (TPSA) is 72.9 Å². The minimum Gasteiger partial charge on any atom is -0.349 e. The van der Waals surface area contributed by atoms with Gasteiger partial charge in [0.25, 0.3) is 0 Å². The molecule has 5 nitrogen and oxygen atoms in total. The molecule has 0 aliphatic carbocycles. The predicted octanol–water partition coefficient (Wildman–Crippen LogP) is 4.01. The second kappa shape index (κ2) is 9.28. The molecule has 0 aliphatic heterocycles. The Kier molecular flexibility index (Phi) is 6.54. The molecular weight excluding hydrogens is 356 g/mol. The van der Waals surface area contributed by atoms with Crippen LogP contribution in [0.5, 0.6) is 0 Å². The molecule has 3 aromatic rings. The van der Waals surface area contributed by atoms with Crippen molar-refractivity contribution in [3.63, 3.8) is 0 Å². The van der Waals surface area contributed by atoms with Gasteiger partial charge in [-0.05, 0) is 12.0 Å². The molecule has 0 saturated carbocycles. The SMILES string of the molecule is CCC[C@H](NC(=O)CSc1nc(-c2ccccc2)cn1N)c1ccccc1. The van der Waals surface area contributed by atoms with Crippen LogP contribution < -0.4 is 11.2 Å². The highest BCUT2D eigenvalue weighted by Crippen LogP contribution is 2.23. The molecule has 0 unspecified atom stereocenters. The summed E-state index contributed by atoms with van der Waals surface area (Å²) in [6.07, 6.45) is 3.68. The fraction of sp³-hybridized carbons (Fsp3) is 0.238. The van der Waals surface area contributed by atoms with Crippen molar-refractivity contribution < 1.29 is 4.79 Å². The molecule has 1 amide bonds.